The number of benzene rings is 1. The maximum absolute atomic E-state index is 12.4. The topological polar surface area (TPSA) is 43.8 Å². The lowest BCUT2D eigenvalue weighted by atomic mass is 9.71. The van der Waals surface area contributed by atoms with Crippen molar-refractivity contribution in [3.05, 3.63) is 54.1 Å². The van der Waals surface area contributed by atoms with Crippen molar-refractivity contribution in [2.75, 3.05) is 26.2 Å². The Labute approximate surface area is 187 Å². The van der Waals surface area contributed by atoms with Gasteiger partial charge in [0.2, 0.25) is 0 Å². The largest absolute Gasteiger partial charge is 0.480 e. The number of piperazine rings is 1. The number of nitrogens with zero attached hydrogens (tertiary/aromatic N) is 2. The normalized spacial score (nSPS) is 30.7. The Morgan fingerprint density at radius 2 is 1.65 bits per heavy atom. The zero-order valence-corrected chi connectivity index (χ0v) is 19.4. The molecular formula is C27H38N2O2. The van der Waals surface area contributed by atoms with Crippen LogP contribution in [-0.4, -0.2) is 58.6 Å². The second kappa shape index (κ2) is 8.91. The molecule has 4 heteroatoms. The van der Waals surface area contributed by atoms with Gasteiger partial charge in [0.15, 0.2) is 0 Å². The first-order valence-corrected chi connectivity index (χ1v) is 12.0. The predicted octanol–water partition coefficient (Wildman–Crippen LogP) is 5.08. The molecule has 0 spiro atoms. The van der Waals surface area contributed by atoms with E-state index in [0.29, 0.717) is 17.9 Å². The molecule has 1 heterocycles. The molecule has 2 fully saturated rings. The van der Waals surface area contributed by atoms with Crippen molar-refractivity contribution in [1.29, 1.82) is 0 Å². The van der Waals surface area contributed by atoms with Gasteiger partial charge in [-0.3, -0.25) is 9.80 Å². The van der Waals surface area contributed by atoms with Crippen molar-refractivity contribution in [3.8, 4) is 0 Å². The van der Waals surface area contributed by atoms with Crippen LogP contribution in [0.1, 0.15) is 58.4 Å². The van der Waals surface area contributed by atoms with Crippen molar-refractivity contribution in [2.24, 2.45) is 11.3 Å². The Bertz CT molecular complexity index is 823. The molecule has 1 saturated heterocycles. The number of hydrogen-bond donors (Lipinski definition) is 1. The molecule has 1 unspecified atom stereocenters. The first-order chi connectivity index (χ1) is 14.8. The summed E-state index contributed by atoms with van der Waals surface area (Å²) in [6.45, 7) is 10.7. The van der Waals surface area contributed by atoms with Crippen molar-refractivity contribution >= 4 is 11.5 Å². The molecule has 0 aromatic heterocycles. The molecule has 1 aliphatic heterocycles. The van der Waals surface area contributed by atoms with Crippen LogP contribution in [0.2, 0.25) is 0 Å². The van der Waals surface area contributed by atoms with E-state index in [1.54, 1.807) is 0 Å². The van der Waals surface area contributed by atoms with Crippen LogP contribution in [0.5, 0.6) is 0 Å². The van der Waals surface area contributed by atoms with Crippen LogP contribution in [-0.2, 0) is 4.79 Å². The zero-order chi connectivity index (χ0) is 22.1. The third kappa shape index (κ3) is 4.65. The summed E-state index contributed by atoms with van der Waals surface area (Å²) in [5.74, 6) is 0.101. The van der Waals surface area contributed by atoms with Crippen LogP contribution in [0.4, 0.5) is 0 Å². The molecule has 4 rings (SSSR count). The van der Waals surface area contributed by atoms with E-state index in [0.717, 1.165) is 43.2 Å². The van der Waals surface area contributed by atoms with Gasteiger partial charge in [-0.15, -0.1) is 0 Å². The van der Waals surface area contributed by atoms with E-state index in [9.17, 15) is 9.90 Å². The van der Waals surface area contributed by atoms with Crippen molar-refractivity contribution in [1.82, 2.24) is 9.80 Å². The third-order valence-electron chi connectivity index (χ3n) is 7.97. The van der Waals surface area contributed by atoms with E-state index in [1.165, 1.54) is 25.7 Å². The maximum atomic E-state index is 12.4. The van der Waals surface area contributed by atoms with E-state index in [1.807, 2.05) is 30.4 Å². The predicted molar refractivity (Wildman–Crippen MR) is 127 cm³/mol. The van der Waals surface area contributed by atoms with Crippen LogP contribution in [0.15, 0.2) is 48.6 Å². The summed E-state index contributed by atoms with van der Waals surface area (Å²) in [5.41, 5.74) is 1.77. The Hall–Kier alpha value is -1.91. The Kier molecular flexibility index (Phi) is 6.41. The summed E-state index contributed by atoms with van der Waals surface area (Å²) in [6.07, 6.45) is 11.8. The van der Waals surface area contributed by atoms with Gasteiger partial charge in [0.05, 0.1) is 0 Å². The van der Waals surface area contributed by atoms with Crippen LogP contribution in [0, 0.1) is 11.3 Å². The number of rotatable bonds is 4. The molecule has 3 aliphatic rings. The Morgan fingerprint density at radius 3 is 2.16 bits per heavy atom. The van der Waals surface area contributed by atoms with Crippen LogP contribution in [0.3, 0.4) is 0 Å². The van der Waals surface area contributed by atoms with Crippen LogP contribution >= 0.6 is 0 Å². The monoisotopic (exact) mass is 422 g/mol. The minimum atomic E-state index is -0.908. The fourth-order valence-corrected chi connectivity index (χ4v) is 5.80. The molecule has 4 nitrogen and oxygen atoms in total. The maximum Gasteiger partial charge on any atom is 0.328 e. The van der Waals surface area contributed by atoms with Gasteiger partial charge in [-0.25, -0.2) is 4.79 Å². The summed E-state index contributed by atoms with van der Waals surface area (Å²) < 4.78 is 0. The van der Waals surface area contributed by atoms with Gasteiger partial charge in [-0.2, -0.15) is 0 Å². The van der Waals surface area contributed by atoms with Crippen LogP contribution < -0.4 is 0 Å². The van der Waals surface area contributed by atoms with Gasteiger partial charge in [-0.1, -0.05) is 69.3 Å². The van der Waals surface area contributed by atoms with Crippen molar-refractivity contribution in [3.63, 3.8) is 0 Å². The number of carbonyl (C=O) groups is 1. The highest BCUT2D eigenvalue weighted by Crippen LogP contribution is 2.39. The van der Waals surface area contributed by atoms with Gasteiger partial charge >= 0.3 is 5.97 Å². The molecule has 1 N–H and O–H groups in total. The van der Waals surface area contributed by atoms with Gasteiger partial charge in [0, 0.05) is 32.2 Å². The first kappa shape index (κ1) is 22.3. The number of allylic oxidation sites excluding steroid dienone is 2. The highest BCUT2D eigenvalue weighted by atomic mass is 16.4. The van der Waals surface area contributed by atoms with E-state index in [2.05, 4.69) is 48.8 Å². The minimum absolute atomic E-state index is 0.414. The molecular weight excluding hydrogens is 384 g/mol. The molecule has 0 amide bonds. The highest BCUT2D eigenvalue weighted by Gasteiger charge is 2.44. The highest BCUT2D eigenvalue weighted by molar-refractivity contribution is 5.86. The number of carboxylic acid groups (broad SMARTS) is 1. The molecule has 31 heavy (non-hydrogen) atoms. The molecule has 0 radical (unpaired) electrons. The van der Waals surface area contributed by atoms with E-state index in [-0.39, 0.29) is 0 Å². The number of carboxylic acids is 1. The summed E-state index contributed by atoms with van der Waals surface area (Å²) in [7, 11) is 0. The summed E-state index contributed by atoms with van der Waals surface area (Å²) in [6, 6.07) is 10.9. The molecule has 1 aromatic carbocycles. The molecule has 1 aromatic rings. The zero-order valence-electron chi connectivity index (χ0n) is 19.4. The van der Waals surface area contributed by atoms with Gasteiger partial charge in [0.1, 0.15) is 5.54 Å². The average molecular weight is 423 g/mol. The average Bonchev–Trinajstić information content (AvgIpc) is 2.79. The van der Waals surface area contributed by atoms with E-state index < -0.39 is 11.5 Å². The number of hydrogen-bond acceptors (Lipinski definition) is 3. The smallest absolute Gasteiger partial charge is 0.328 e. The van der Waals surface area contributed by atoms with Gasteiger partial charge in [-0.05, 0) is 54.6 Å². The molecule has 2 aliphatic carbocycles. The summed E-state index contributed by atoms with van der Waals surface area (Å²) in [5, 5.41) is 10.2. The lowest BCUT2D eigenvalue weighted by Gasteiger charge is -2.48. The SMILES string of the molecule is CC(C)(C)[C@H]1CC[C@H](N2CCN(C3(C(=O)O)C=CC(c4ccccc4)=CC3)CC2)CC1. The van der Waals surface area contributed by atoms with Gasteiger partial charge < -0.3 is 5.11 Å². The Morgan fingerprint density at radius 1 is 1.00 bits per heavy atom. The van der Waals surface area contributed by atoms with Crippen molar-refractivity contribution in [2.45, 2.75) is 64.5 Å². The summed E-state index contributed by atoms with van der Waals surface area (Å²) >= 11 is 0. The van der Waals surface area contributed by atoms with E-state index >= 15 is 0 Å². The Balaban J connectivity index is 1.37. The molecule has 1 saturated carbocycles. The first-order valence-electron chi connectivity index (χ1n) is 12.0. The quantitative estimate of drug-likeness (QED) is 0.735. The standard InChI is InChI=1S/C27H38N2O2/c1-26(2,3)23-9-11-24(12-10-23)28-17-19-29(20-18-28)27(25(30)31)15-13-22(14-16-27)21-7-5-4-6-8-21/h4-8,13-15,23-24H,9-12,16-20H2,1-3H3,(H,30,31)/t23-,24-,27?. The molecule has 0 bridgehead atoms. The fourth-order valence-electron chi connectivity index (χ4n) is 5.80. The van der Waals surface area contributed by atoms with Crippen molar-refractivity contribution < 1.29 is 9.90 Å². The minimum Gasteiger partial charge on any atom is -0.480 e. The second-order valence-corrected chi connectivity index (χ2v) is 10.7. The molecule has 1 atom stereocenters. The number of aliphatic carboxylic acids is 1. The summed E-state index contributed by atoms with van der Waals surface area (Å²) in [4.78, 5) is 17.2. The third-order valence-corrected chi connectivity index (χ3v) is 7.97. The van der Waals surface area contributed by atoms with Gasteiger partial charge in [0.25, 0.3) is 0 Å². The second-order valence-electron chi connectivity index (χ2n) is 10.7. The van der Waals surface area contributed by atoms with Crippen LogP contribution in [0.25, 0.3) is 5.57 Å². The fraction of sp³-hybridized carbons (Fsp3) is 0.593. The lowest BCUT2D eigenvalue weighted by Crippen LogP contribution is -2.61. The van der Waals surface area contributed by atoms with E-state index in [4.69, 9.17) is 0 Å². The lowest BCUT2D eigenvalue weighted by molar-refractivity contribution is -0.149. The molecule has 168 valence electrons.